The molecule has 1 amide bonds. The number of nitrogens with one attached hydrogen (secondary N) is 2. The lowest BCUT2D eigenvalue weighted by Gasteiger charge is -2.10. The van der Waals surface area contributed by atoms with E-state index in [0.29, 0.717) is 33.9 Å². The van der Waals surface area contributed by atoms with Crippen LogP contribution >= 0.6 is 0 Å². The molecule has 4 rings (SSSR count). The molecule has 0 saturated heterocycles. The van der Waals surface area contributed by atoms with Gasteiger partial charge in [-0.05, 0) is 55.5 Å². The van der Waals surface area contributed by atoms with Gasteiger partial charge in [-0.2, -0.15) is 0 Å². The van der Waals surface area contributed by atoms with Gasteiger partial charge in [-0.25, -0.2) is 13.4 Å². The molecule has 0 radical (unpaired) electrons. The third-order valence-corrected chi connectivity index (χ3v) is 5.95. The van der Waals surface area contributed by atoms with E-state index in [1.54, 1.807) is 66.9 Å². The van der Waals surface area contributed by atoms with Crippen LogP contribution in [0.25, 0.3) is 11.6 Å². The Kier molecular flexibility index (Phi) is 4.56. The van der Waals surface area contributed by atoms with E-state index in [4.69, 9.17) is 5.73 Å². The largest absolute Gasteiger partial charge is 0.383 e. The summed E-state index contributed by atoms with van der Waals surface area (Å²) in [5.74, 6) is 0.0132. The Morgan fingerprint density at radius 3 is 2.59 bits per heavy atom. The van der Waals surface area contributed by atoms with Crippen molar-refractivity contribution >= 4 is 44.8 Å². The van der Waals surface area contributed by atoms with E-state index in [1.807, 2.05) is 6.92 Å². The summed E-state index contributed by atoms with van der Waals surface area (Å²) >= 11 is 0. The number of amides is 1. The zero-order chi connectivity index (χ0) is 20.6. The van der Waals surface area contributed by atoms with Gasteiger partial charge in [-0.1, -0.05) is 17.7 Å². The van der Waals surface area contributed by atoms with Gasteiger partial charge in [-0.3, -0.25) is 9.52 Å². The number of carbonyl (C=O) groups excluding carboxylic acids is 1. The van der Waals surface area contributed by atoms with Crippen molar-refractivity contribution in [2.45, 2.75) is 11.8 Å². The number of hydrogen-bond donors (Lipinski definition) is 3. The highest BCUT2D eigenvalue weighted by Gasteiger charge is 2.25. The van der Waals surface area contributed by atoms with Crippen LogP contribution in [0.2, 0.25) is 0 Å². The van der Waals surface area contributed by atoms with Crippen LogP contribution in [-0.4, -0.2) is 19.3 Å². The second-order valence-electron chi connectivity index (χ2n) is 6.67. The van der Waals surface area contributed by atoms with Crippen LogP contribution in [0.4, 0.5) is 17.2 Å². The van der Waals surface area contributed by atoms with E-state index in [1.165, 1.54) is 0 Å². The fourth-order valence-corrected chi connectivity index (χ4v) is 4.08. The molecule has 2 aromatic carbocycles. The monoisotopic (exact) mass is 406 g/mol. The molecule has 2 heterocycles. The zero-order valence-electron chi connectivity index (χ0n) is 15.5. The predicted octanol–water partition coefficient (Wildman–Crippen LogP) is 3.27. The van der Waals surface area contributed by atoms with Gasteiger partial charge >= 0.3 is 0 Å². The van der Waals surface area contributed by atoms with Crippen molar-refractivity contribution in [2.75, 3.05) is 15.8 Å². The van der Waals surface area contributed by atoms with Crippen LogP contribution in [0.1, 0.15) is 16.7 Å². The number of aromatic nitrogens is 1. The minimum absolute atomic E-state index is 0.164. The van der Waals surface area contributed by atoms with Crippen LogP contribution in [0.15, 0.2) is 65.7 Å². The highest BCUT2D eigenvalue weighted by atomic mass is 32.2. The van der Waals surface area contributed by atoms with Crippen LogP contribution in [0.3, 0.4) is 0 Å². The summed E-state index contributed by atoms with van der Waals surface area (Å²) in [6, 6.07) is 14.9. The molecule has 0 saturated carbocycles. The van der Waals surface area contributed by atoms with Gasteiger partial charge in [0.2, 0.25) is 0 Å². The Balaban J connectivity index is 1.70. The standard InChI is InChI=1S/C21H18N4O3S/c1-13-4-7-16(8-5-13)29(27,28)25-15-6-9-19-17(12-15)18(21(26)24-19)11-14-3-2-10-23-20(14)22/h2-12,25H,1H3,(H2,22,23)(H,24,26)/b18-11-. The molecule has 1 aliphatic heterocycles. The van der Waals surface area contributed by atoms with Gasteiger partial charge in [0.25, 0.3) is 15.9 Å². The van der Waals surface area contributed by atoms with E-state index in [-0.39, 0.29) is 10.8 Å². The molecule has 8 heteroatoms. The summed E-state index contributed by atoms with van der Waals surface area (Å²) in [4.78, 5) is 16.6. The van der Waals surface area contributed by atoms with Gasteiger partial charge in [0, 0.05) is 34.3 Å². The summed E-state index contributed by atoms with van der Waals surface area (Å²) in [6.07, 6.45) is 3.21. The van der Waals surface area contributed by atoms with Gasteiger partial charge < -0.3 is 11.1 Å². The minimum atomic E-state index is -3.75. The molecular formula is C21H18N4O3S. The second kappa shape index (κ2) is 7.06. The molecule has 4 N–H and O–H groups in total. The number of rotatable bonds is 4. The Labute approximate surface area is 168 Å². The van der Waals surface area contributed by atoms with Crippen LogP contribution in [-0.2, 0) is 14.8 Å². The molecule has 0 atom stereocenters. The van der Waals surface area contributed by atoms with Gasteiger partial charge in [-0.15, -0.1) is 0 Å². The maximum atomic E-state index is 12.7. The SMILES string of the molecule is Cc1ccc(S(=O)(=O)Nc2ccc3c(c2)/C(=C/c2cccnc2N)C(=O)N3)cc1. The van der Waals surface area contributed by atoms with Crippen molar-refractivity contribution in [1.29, 1.82) is 0 Å². The van der Waals surface area contributed by atoms with Crippen LogP contribution in [0.5, 0.6) is 0 Å². The third kappa shape index (κ3) is 3.70. The molecule has 7 nitrogen and oxygen atoms in total. The smallest absolute Gasteiger partial charge is 0.261 e. The van der Waals surface area contributed by atoms with E-state index in [0.717, 1.165) is 5.56 Å². The topological polar surface area (TPSA) is 114 Å². The molecule has 1 aliphatic rings. The summed E-state index contributed by atoms with van der Waals surface area (Å²) in [6.45, 7) is 1.89. The van der Waals surface area contributed by atoms with Crippen LogP contribution < -0.4 is 15.8 Å². The summed E-state index contributed by atoms with van der Waals surface area (Å²) in [5, 5.41) is 2.77. The second-order valence-corrected chi connectivity index (χ2v) is 8.35. The highest BCUT2D eigenvalue weighted by molar-refractivity contribution is 7.92. The van der Waals surface area contributed by atoms with Crippen molar-refractivity contribution in [3.05, 3.63) is 77.5 Å². The number of fused-ring (bicyclic) bond motifs is 1. The Hall–Kier alpha value is -3.65. The molecule has 0 unspecified atom stereocenters. The van der Waals surface area contributed by atoms with Crippen molar-refractivity contribution in [3.63, 3.8) is 0 Å². The first kappa shape index (κ1) is 18.7. The first-order valence-corrected chi connectivity index (χ1v) is 10.3. The maximum Gasteiger partial charge on any atom is 0.261 e. The molecule has 0 spiro atoms. The molecule has 0 bridgehead atoms. The summed E-state index contributed by atoms with van der Waals surface area (Å²) in [7, 11) is -3.75. The number of nitrogens with two attached hydrogens (primary N) is 1. The molecular weight excluding hydrogens is 388 g/mol. The molecule has 1 aromatic heterocycles. The minimum Gasteiger partial charge on any atom is -0.383 e. The third-order valence-electron chi connectivity index (χ3n) is 4.56. The number of anilines is 3. The maximum absolute atomic E-state index is 12.7. The number of carbonyl (C=O) groups is 1. The van der Waals surface area contributed by atoms with Gasteiger partial charge in [0.1, 0.15) is 5.82 Å². The fourth-order valence-electron chi connectivity index (χ4n) is 3.03. The average Bonchev–Trinajstić information content (AvgIpc) is 2.98. The fraction of sp³-hybridized carbons (Fsp3) is 0.0476. The number of pyridine rings is 1. The van der Waals surface area contributed by atoms with E-state index in [2.05, 4.69) is 15.0 Å². The number of aryl methyl sites for hydroxylation is 1. The predicted molar refractivity (Wildman–Crippen MR) is 114 cm³/mol. The Morgan fingerprint density at radius 2 is 1.86 bits per heavy atom. The number of sulfonamides is 1. The summed E-state index contributed by atoms with van der Waals surface area (Å²) < 4.78 is 27.9. The molecule has 29 heavy (non-hydrogen) atoms. The van der Waals surface area contributed by atoms with Crippen molar-refractivity contribution in [2.24, 2.45) is 0 Å². The zero-order valence-corrected chi connectivity index (χ0v) is 16.3. The first-order chi connectivity index (χ1) is 13.8. The number of nitrogens with zero attached hydrogens (tertiary/aromatic N) is 1. The first-order valence-electron chi connectivity index (χ1n) is 8.81. The number of benzene rings is 2. The molecule has 0 fully saturated rings. The summed E-state index contributed by atoms with van der Waals surface area (Å²) in [5.41, 5.74) is 9.37. The van der Waals surface area contributed by atoms with Gasteiger partial charge in [0.05, 0.1) is 4.90 Å². The van der Waals surface area contributed by atoms with Gasteiger partial charge in [0.15, 0.2) is 0 Å². The molecule has 0 aliphatic carbocycles. The lowest BCUT2D eigenvalue weighted by atomic mass is 10.0. The number of hydrogen-bond acceptors (Lipinski definition) is 5. The normalized spacial score (nSPS) is 14.5. The lowest BCUT2D eigenvalue weighted by molar-refractivity contribution is -0.110. The Morgan fingerprint density at radius 1 is 1.10 bits per heavy atom. The molecule has 3 aromatic rings. The highest BCUT2D eigenvalue weighted by Crippen LogP contribution is 2.36. The Bertz CT molecular complexity index is 1250. The molecule has 146 valence electrons. The van der Waals surface area contributed by atoms with Crippen molar-refractivity contribution in [1.82, 2.24) is 4.98 Å². The van der Waals surface area contributed by atoms with E-state index < -0.39 is 10.0 Å². The van der Waals surface area contributed by atoms with E-state index >= 15 is 0 Å². The lowest BCUT2D eigenvalue weighted by Crippen LogP contribution is -2.13. The van der Waals surface area contributed by atoms with Crippen LogP contribution in [0, 0.1) is 6.92 Å². The van der Waals surface area contributed by atoms with Crippen molar-refractivity contribution < 1.29 is 13.2 Å². The average molecular weight is 406 g/mol. The quantitative estimate of drug-likeness (QED) is 0.576. The number of nitrogen functional groups attached to an aromatic ring is 1. The van der Waals surface area contributed by atoms with E-state index in [9.17, 15) is 13.2 Å². The van der Waals surface area contributed by atoms with Crippen molar-refractivity contribution in [3.8, 4) is 0 Å².